The molecule has 2 aliphatic heterocycles. The third kappa shape index (κ3) is 3.38. The Bertz CT molecular complexity index is 702. The molecule has 27 heavy (non-hydrogen) atoms. The number of hydrogen-bond donors (Lipinski definition) is 1. The smallest absolute Gasteiger partial charge is 0.232 e. The molecule has 2 heterocycles. The number of piperidine rings is 1. The molecule has 0 radical (unpaired) electrons. The van der Waals surface area contributed by atoms with Gasteiger partial charge in [-0.3, -0.25) is 9.59 Å². The van der Waals surface area contributed by atoms with E-state index < -0.39 is 5.41 Å². The lowest BCUT2D eigenvalue weighted by Crippen LogP contribution is -2.54. The summed E-state index contributed by atoms with van der Waals surface area (Å²) in [6, 6.07) is 9.97. The molecule has 0 aromatic heterocycles. The first-order valence-electron chi connectivity index (χ1n) is 10.3. The second-order valence-electron chi connectivity index (χ2n) is 8.98. The first kappa shape index (κ1) is 18.5. The molecule has 5 nitrogen and oxygen atoms in total. The Morgan fingerprint density at radius 1 is 1.00 bits per heavy atom. The van der Waals surface area contributed by atoms with E-state index in [9.17, 15) is 9.59 Å². The number of carbonyl (C=O) groups excluding carboxylic acids is 2. The molecule has 3 fully saturated rings. The Hall–Kier alpha value is -1.88. The van der Waals surface area contributed by atoms with Gasteiger partial charge in [-0.15, -0.1) is 0 Å². The fourth-order valence-corrected chi connectivity index (χ4v) is 4.90. The second-order valence-corrected chi connectivity index (χ2v) is 8.98. The highest BCUT2D eigenvalue weighted by Crippen LogP contribution is 2.59. The van der Waals surface area contributed by atoms with Crippen LogP contribution in [0.1, 0.15) is 38.7 Å². The van der Waals surface area contributed by atoms with Gasteiger partial charge in [0, 0.05) is 32.1 Å². The van der Waals surface area contributed by atoms with Crippen molar-refractivity contribution >= 4 is 11.8 Å². The molecular formula is C22H31N3O2. The van der Waals surface area contributed by atoms with Crippen LogP contribution < -0.4 is 5.32 Å². The summed E-state index contributed by atoms with van der Waals surface area (Å²) in [5.74, 6) is 0.705. The number of rotatable bonds is 3. The largest absolute Gasteiger partial charge is 0.339 e. The van der Waals surface area contributed by atoms with Crippen LogP contribution in [0.25, 0.3) is 0 Å². The molecule has 0 bridgehead atoms. The molecule has 1 atom stereocenters. The maximum atomic E-state index is 13.1. The van der Waals surface area contributed by atoms with Gasteiger partial charge in [0.05, 0.1) is 5.41 Å². The summed E-state index contributed by atoms with van der Waals surface area (Å²) in [6.45, 7) is 8.69. The summed E-state index contributed by atoms with van der Waals surface area (Å²) >= 11 is 0. The zero-order valence-corrected chi connectivity index (χ0v) is 16.5. The highest BCUT2D eigenvalue weighted by Gasteiger charge is 2.58. The Labute approximate surface area is 162 Å². The molecule has 3 aliphatic rings. The van der Waals surface area contributed by atoms with E-state index in [-0.39, 0.29) is 17.2 Å². The third-order valence-corrected chi connectivity index (χ3v) is 7.00. The molecule has 1 spiro atoms. The van der Waals surface area contributed by atoms with Gasteiger partial charge >= 0.3 is 0 Å². The summed E-state index contributed by atoms with van der Waals surface area (Å²) in [5.41, 5.74) is 0.785. The van der Waals surface area contributed by atoms with Gasteiger partial charge in [0.2, 0.25) is 11.8 Å². The van der Waals surface area contributed by atoms with Crippen molar-refractivity contribution in [3.05, 3.63) is 35.9 Å². The van der Waals surface area contributed by atoms with Crippen molar-refractivity contribution in [2.45, 2.75) is 38.5 Å². The van der Waals surface area contributed by atoms with Gasteiger partial charge in [-0.1, -0.05) is 30.3 Å². The van der Waals surface area contributed by atoms with Crippen LogP contribution in [-0.2, 0) is 15.0 Å². The molecule has 5 heteroatoms. The van der Waals surface area contributed by atoms with Gasteiger partial charge in [0.15, 0.2) is 0 Å². The summed E-state index contributed by atoms with van der Waals surface area (Å²) in [4.78, 5) is 30.0. The SMILES string of the molecule is CC(C)(C(=O)N1CCN(C(=O)C2CC23CCNCC3)CC1)c1ccccc1. The van der Waals surface area contributed by atoms with Crippen molar-refractivity contribution in [2.24, 2.45) is 11.3 Å². The minimum absolute atomic E-state index is 0.155. The zero-order valence-electron chi connectivity index (χ0n) is 16.5. The number of benzene rings is 1. The van der Waals surface area contributed by atoms with E-state index in [1.807, 2.05) is 54.0 Å². The second kappa shape index (κ2) is 6.93. The first-order valence-corrected chi connectivity index (χ1v) is 10.3. The predicted molar refractivity (Wildman–Crippen MR) is 105 cm³/mol. The van der Waals surface area contributed by atoms with Crippen molar-refractivity contribution in [2.75, 3.05) is 39.3 Å². The van der Waals surface area contributed by atoms with Crippen LogP contribution >= 0.6 is 0 Å². The molecule has 146 valence electrons. The van der Waals surface area contributed by atoms with Gasteiger partial charge in [-0.05, 0) is 57.2 Å². The van der Waals surface area contributed by atoms with Crippen molar-refractivity contribution in [3.8, 4) is 0 Å². The van der Waals surface area contributed by atoms with Crippen LogP contribution in [0.5, 0.6) is 0 Å². The van der Waals surface area contributed by atoms with Crippen LogP contribution in [-0.4, -0.2) is 60.9 Å². The first-order chi connectivity index (χ1) is 12.9. The number of nitrogens with zero attached hydrogens (tertiary/aromatic N) is 2. The zero-order chi connectivity index (χ0) is 19.1. The number of piperazine rings is 1. The Balaban J connectivity index is 1.34. The number of carbonyl (C=O) groups is 2. The summed E-state index contributed by atoms with van der Waals surface area (Å²) in [5, 5.41) is 3.40. The highest BCUT2D eigenvalue weighted by atomic mass is 16.2. The van der Waals surface area contributed by atoms with E-state index >= 15 is 0 Å². The van der Waals surface area contributed by atoms with Gasteiger partial charge in [-0.25, -0.2) is 0 Å². The van der Waals surface area contributed by atoms with Gasteiger partial charge in [0.1, 0.15) is 0 Å². The number of hydrogen-bond acceptors (Lipinski definition) is 3. The molecule has 1 aromatic rings. The van der Waals surface area contributed by atoms with E-state index in [0.29, 0.717) is 32.1 Å². The van der Waals surface area contributed by atoms with E-state index in [1.54, 1.807) is 0 Å². The predicted octanol–water partition coefficient (Wildman–Crippen LogP) is 2.02. The molecular weight excluding hydrogens is 338 g/mol. The fraction of sp³-hybridized carbons (Fsp3) is 0.636. The van der Waals surface area contributed by atoms with Gasteiger partial charge < -0.3 is 15.1 Å². The lowest BCUT2D eigenvalue weighted by molar-refractivity contribution is -0.143. The highest BCUT2D eigenvalue weighted by molar-refractivity contribution is 5.88. The molecule has 1 unspecified atom stereocenters. The Morgan fingerprint density at radius 3 is 2.22 bits per heavy atom. The van der Waals surface area contributed by atoms with E-state index in [0.717, 1.165) is 37.9 Å². The number of nitrogens with one attached hydrogen (secondary N) is 1. The average molecular weight is 370 g/mol. The third-order valence-electron chi connectivity index (χ3n) is 7.00. The summed E-state index contributed by atoms with van der Waals surface area (Å²) in [7, 11) is 0. The Morgan fingerprint density at radius 2 is 1.59 bits per heavy atom. The van der Waals surface area contributed by atoms with Gasteiger partial charge in [-0.2, -0.15) is 0 Å². The van der Waals surface area contributed by atoms with Crippen molar-refractivity contribution < 1.29 is 9.59 Å². The van der Waals surface area contributed by atoms with Gasteiger partial charge in [0.25, 0.3) is 0 Å². The normalized spacial score (nSPS) is 24.7. The van der Waals surface area contributed by atoms with Crippen molar-refractivity contribution in [3.63, 3.8) is 0 Å². The topological polar surface area (TPSA) is 52.7 Å². The maximum absolute atomic E-state index is 13.1. The molecule has 2 saturated heterocycles. The number of amides is 2. The molecule has 4 rings (SSSR count). The van der Waals surface area contributed by atoms with Crippen molar-refractivity contribution in [1.82, 2.24) is 15.1 Å². The van der Waals surface area contributed by atoms with E-state index in [4.69, 9.17) is 0 Å². The minimum atomic E-state index is -0.539. The van der Waals surface area contributed by atoms with E-state index in [2.05, 4.69) is 5.32 Å². The maximum Gasteiger partial charge on any atom is 0.232 e. The quantitative estimate of drug-likeness (QED) is 0.887. The van der Waals surface area contributed by atoms with Crippen LogP contribution in [0.4, 0.5) is 0 Å². The van der Waals surface area contributed by atoms with Crippen LogP contribution in [0.3, 0.4) is 0 Å². The average Bonchev–Trinajstić information content (AvgIpc) is 3.40. The van der Waals surface area contributed by atoms with E-state index in [1.165, 1.54) is 0 Å². The Kier molecular flexibility index (Phi) is 4.75. The summed E-state index contributed by atoms with van der Waals surface area (Å²) in [6.07, 6.45) is 3.33. The molecule has 1 N–H and O–H groups in total. The fourth-order valence-electron chi connectivity index (χ4n) is 4.90. The molecule has 1 aromatic carbocycles. The van der Waals surface area contributed by atoms with Crippen molar-refractivity contribution in [1.29, 1.82) is 0 Å². The molecule has 1 aliphatic carbocycles. The standard InChI is InChI=1S/C22H31N3O2/c1-21(2,17-6-4-3-5-7-17)20(27)25-14-12-24(13-15-25)19(26)18-16-22(18)8-10-23-11-9-22/h3-7,18,23H,8-16H2,1-2H3. The van der Waals surface area contributed by atoms with Crippen LogP contribution in [0.15, 0.2) is 30.3 Å². The summed E-state index contributed by atoms with van der Waals surface area (Å²) < 4.78 is 0. The minimum Gasteiger partial charge on any atom is -0.339 e. The lowest BCUT2D eigenvalue weighted by atomic mass is 9.83. The monoisotopic (exact) mass is 369 g/mol. The molecule has 2 amide bonds. The van der Waals surface area contributed by atoms with Crippen LogP contribution in [0.2, 0.25) is 0 Å². The molecule has 1 saturated carbocycles. The lowest BCUT2D eigenvalue weighted by Gasteiger charge is -2.39. The van der Waals surface area contributed by atoms with Crippen LogP contribution in [0, 0.1) is 11.3 Å².